The second-order valence-corrected chi connectivity index (χ2v) is 5.27. The van der Waals surface area contributed by atoms with Crippen LogP contribution >= 0.6 is 0 Å². The molecule has 3 nitrogen and oxygen atoms in total. The van der Waals surface area contributed by atoms with Crippen LogP contribution in [0.15, 0.2) is 29.2 Å². The molecule has 1 aromatic rings. The fourth-order valence-electron chi connectivity index (χ4n) is 1.08. The molecule has 0 aliphatic carbocycles. The van der Waals surface area contributed by atoms with E-state index in [-0.39, 0.29) is 16.4 Å². The van der Waals surface area contributed by atoms with Crippen LogP contribution in [0.4, 0.5) is 0 Å². The summed E-state index contributed by atoms with van der Waals surface area (Å²) in [5, 5.41) is 0. The largest absolute Gasteiger partial charge is 0.295 e. The average Bonchev–Trinajstić information content (AvgIpc) is 2.18. The standard InChI is InChI=1S/C10H12O3S/c1-3-14(12,13)10-6-4-5-9(7-10)8(2)11/h4-7H,3H2,1-2H3. The molecule has 0 aromatic heterocycles. The van der Waals surface area contributed by atoms with Gasteiger partial charge in [0.05, 0.1) is 10.6 Å². The number of carbonyl (C=O) groups excluding carboxylic acids is 1. The molecule has 0 unspecified atom stereocenters. The van der Waals surface area contributed by atoms with Gasteiger partial charge >= 0.3 is 0 Å². The van der Waals surface area contributed by atoms with Gasteiger partial charge in [0.25, 0.3) is 0 Å². The monoisotopic (exact) mass is 212 g/mol. The van der Waals surface area contributed by atoms with Gasteiger partial charge in [-0.2, -0.15) is 0 Å². The van der Waals surface area contributed by atoms with Crippen molar-refractivity contribution in [3.63, 3.8) is 0 Å². The Kier molecular flexibility index (Phi) is 3.06. The number of Topliss-reactive ketones (excluding diaryl/α,β-unsaturated/α-hetero) is 1. The maximum atomic E-state index is 11.5. The quantitative estimate of drug-likeness (QED) is 0.716. The van der Waals surface area contributed by atoms with Crippen LogP contribution < -0.4 is 0 Å². The van der Waals surface area contributed by atoms with Crippen LogP contribution in [-0.4, -0.2) is 20.0 Å². The minimum atomic E-state index is -3.21. The van der Waals surface area contributed by atoms with Crippen molar-refractivity contribution in [2.45, 2.75) is 18.7 Å². The fraction of sp³-hybridized carbons (Fsp3) is 0.300. The van der Waals surface area contributed by atoms with Crippen LogP contribution in [-0.2, 0) is 9.84 Å². The van der Waals surface area contributed by atoms with Crippen LogP contribution in [0.5, 0.6) is 0 Å². The average molecular weight is 212 g/mol. The highest BCUT2D eigenvalue weighted by atomic mass is 32.2. The van der Waals surface area contributed by atoms with Crippen LogP contribution in [0.1, 0.15) is 24.2 Å². The van der Waals surface area contributed by atoms with Crippen molar-refractivity contribution >= 4 is 15.6 Å². The summed E-state index contributed by atoms with van der Waals surface area (Å²) in [5.74, 6) is -0.0768. The van der Waals surface area contributed by atoms with Crippen LogP contribution in [0.3, 0.4) is 0 Å². The maximum Gasteiger partial charge on any atom is 0.178 e. The third-order valence-corrected chi connectivity index (χ3v) is 3.71. The van der Waals surface area contributed by atoms with E-state index in [1.165, 1.54) is 19.1 Å². The number of carbonyl (C=O) groups is 1. The van der Waals surface area contributed by atoms with Gasteiger partial charge in [-0.3, -0.25) is 4.79 Å². The molecule has 1 aromatic carbocycles. The van der Waals surface area contributed by atoms with Gasteiger partial charge in [-0.15, -0.1) is 0 Å². The molecule has 0 aliphatic heterocycles. The minimum Gasteiger partial charge on any atom is -0.295 e. The number of hydrogen-bond acceptors (Lipinski definition) is 3. The molecule has 0 bridgehead atoms. The van der Waals surface area contributed by atoms with Gasteiger partial charge in [0.1, 0.15) is 0 Å². The first-order chi connectivity index (χ1) is 6.47. The van der Waals surface area contributed by atoms with Crippen molar-refractivity contribution < 1.29 is 13.2 Å². The molecule has 76 valence electrons. The summed E-state index contributed by atoms with van der Waals surface area (Å²) in [7, 11) is -3.21. The molecule has 0 aliphatic rings. The van der Waals surface area contributed by atoms with Gasteiger partial charge in [0.2, 0.25) is 0 Å². The summed E-state index contributed by atoms with van der Waals surface area (Å²) in [6, 6.07) is 6.11. The predicted octanol–water partition coefficient (Wildman–Crippen LogP) is 1.68. The first kappa shape index (κ1) is 10.9. The summed E-state index contributed by atoms with van der Waals surface area (Å²) in [5.41, 5.74) is 0.430. The Morgan fingerprint density at radius 1 is 1.36 bits per heavy atom. The molecular weight excluding hydrogens is 200 g/mol. The van der Waals surface area contributed by atoms with E-state index in [1.807, 2.05) is 0 Å². The summed E-state index contributed by atoms with van der Waals surface area (Å²) in [6.07, 6.45) is 0. The Balaban J connectivity index is 3.26. The van der Waals surface area contributed by atoms with E-state index in [0.717, 1.165) is 0 Å². The molecule has 0 heterocycles. The van der Waals surface area contributed by atoms with Gasteiger partial charge in [-0.25, -0.2) is 8.42 Å². The second-order valence-electron chi connectivity index (χ2n) is 2.99. The lowest BCUT2D eigenvalue weighted by molar-refractivity contribution is 0.101. The van der Waals surface area contributed by atoms with E-state index in [4.69, 9.17) is 0 Å². The molecule has 0 saturated heterocycles. The zero-order valence-electron chi connectivity index (χ0n) is 8.15. The number of ketones is 1. The smallest absolute Gasteiger partial charge is 0.178 e. The lowest BCUT2D eigenvalue weighted by Gasteiger charge is -2.02. The summed E-state index contributed by atoms with van der Waals surface area (Å²) in [6.45, 7) is 2.99. The number of benzene rings is 1. The zero-order chi connectivity index (χ0) is 10.8. The fourth-order valence-corrected chi connectivity index (χ4v) is 2.00. The molecule has 14 heavy (non-hydrogen) atoms. The van der Waals surface area contributed by atoms with E-state index in [1.54, 1.807) is 19.1 Å². The van der Waals surface area contributed by atoms with E-state index in [0.29, 0.717) is 5.56 Å². The first-order valence-electron chi connectivity index (χ1n) is 4.31. The zero-order valence-corrected chi connectivity index (χ0v) is 8.97. The molecule has 4 heteroatoms. The molecule has 0 radical (unpaired) electrons. The van der Waals surface area contributed by atoms with Gasteiger partial charge in [-0.05, 0) is 19.1 Å². The van der Waals surface area contributed by atoms with Crippen molar-refractivity contribution in [1.82, 2.24) is 0 Å². The predicted molar refractivity (Wildman–Crippen MR) is 54.2 cm³/mol. The Morgan fingerprint density at radius 3 is 2.50 bits per heavy atom. The van der Waals surface area contributed by atoms with Gasteiger partial charge in [0.15, 0.2) is 15.6 Å². The first-order valence-corrected chi connectivity index (χ1v) is 5.96. The summed E-state index contributed by atoms with van der Waals surface area (Å²) in [4.78, 5) is 11.2. The van der Waals surface area contributed by atoms with E-state index >= 15 is 0 Å². The van der Waals surface area contributed by atoms with Crippen molar-refractivity contribution in [3.8, 4) is 0 Å². The Labute approximate surface area is 83.7 Å². The third kappa shape index (κ3) is 2.20. The van der Waals surface area contributed by atoms with E-state index in [9.17, 15) is 13.2 Å². The summed E-state index contributed by atoms with van der Waals surface area (Å²) < 4.78 is 22.9. The van der Waals surface area contributed by atoms with Crippen molar-refractivity contribution in [2.75, 3.05) is 5.75 Å². The number of rotatable bonds is 3. The van der Waals surface area contributed by atoms with Crippen molar-refractivity contribution in [2.24, 2.45) is 0 Å². The molecule has 0 spiro atoms. The lowest BCUT2D eigenvalue weighted by atomic mass is 10.2. The highest BCUT2D eigenvalue weighted by Gasteiger charge is 2.12. The highest BCUT2D eigenvalue weighted by molar-refractivity contribution is 7.91. The van der Waals surface area contributed by atoms with Crippen molar-refractivity contribution in [3.05, 3.63) is 29.8 Å². The van der Waals surface area contributed by atoms with E-state index < -0.39 is 9.84 Å². The van der Waals surface area contributed by atoms with Crippen LogP contribution in [0, 0.1) is 0 Å². The molecule has 0 N–H and O–H groups in total. The molecule has 0 amide bonds. The minimum absolute atomic E-state index is 0.0500. The van der Waals surface area contributed by atoms with Gasteiger partial charge in [0, 0.05) is 5.56 Å². The summed E-state index contributed by atoms with van der Waals surface area (Å²) >= 11 is 0. The molecule has 1 rings (SSSR count). The van der Waals surface area contributed by atoms with Crippen molar-refractivity contribution in [1.29, 1.82) is 0 Å². The lowest BCUT2D eigenvalue weighted by Crippen LogP contribution is -2.04. The SMILES string of the molecule is CCS(=O)(=O)c1cccc(C(C)=O)c1. The van der Waals surface area contributed by atoms with Gasteiger partial charge in [-0.1, -0.05) is 19.1 Å². The molecule has 0 saturated carbocycles. The van der Waals surface area contributed by atoms with Gasteiger partial charge < -0.3 is 0 Å². The number of hydrogen-bond donors (Lipinski definition) is 0. The topological polar surface area (TPSA) is 51.2 Å². The molecule has 0 fully saturated rings. The Bertz CT molecular complexity index is 446. The van der Waals surface area contributed by atoms with Crippen LogP contribution in [0.25, 0.3) is 0 Å². The van der Waals surface area contributed by atoms with E-state index in [2.05, 4.69) is 0 Å². The number of sulfone groups is 1. The maximum absolute atomic E-state index is 11.5. The Morgan fingerprint density at radius 2 is 2.00 bits per heavy atom. The molecular formula is C10H12O3S. The highest BCUT2D eigenvalue weighted by Crippen LogP contribution is 2.13. The van der Waals surface area contributed by atoms with Crippen LogP contribution in [0.2, 0.25) is 0 Å². The Hall–Kier alpha value is -1.16. The second kappa shape index (κ2) is 3.92. The normalized spacial score (nSPS) is 11.3. The molecule has 0 atom stereocenters. The third-order valence-electron chi connectivity index (χ3n) is 1.98.